The highest BCUT2D eigenvalue weighted by Crippen LogP contribution is 2.28. The number of hydrogen-bond acceptors (Lipinski definition) is 6. The van der Waals surface area contributed by atoms with Gasteiger partial charge in [0.25, 0.3) is 0 Å². The van der Waals surface area contributed by atoms with Crippen LogP contribution in [-0.4, -0.2) is 34.2 Å². The highest BCUT2D eigenvalue weighted by atomic mass is 19.4. The molecule has 0 bridgehead atoms. The lowest BCUT2D eigenvalue weighted by atomic mass is 10.1. The number of nitrogens with zero attached hydrogens (tertiary/aromatic N) is 2. The molecule has 1 unspecified atom stereocenters. The standard InChI is InChI=1S/C36H45F3N2O4/c1-3-5-7-9-10-11-12-13-15-27-25-40-33(41-26-27)28-21-23-31(24-22-28)44-34(42)29-17-19-30(20-18-29)35(43)45-32(36(37,38)39)16-14-8-6-4-2/h17-26,32H,3-16H2,1-2H3. The fourth-order valence-electron chi connectivity index (χ4n) is 4.92. The van der Waals surface area contributed by atoms with Crippen LogP contribution < -0.4 is 4.74 Å². The summed E-state index contributed by atoms with van der Waals surface area (Å²) in [6.45, 7) is 4.19. The van der Waals surface area contributed by atoms with Gasteiger partial charge in [0.2, 0.25) is 0 Å². The molecule has 0 radical (unpaired) electrons. The minimum Gasteiger partial charge on any atom is -0.449 e. The Labute approximate surface area is 264 Å². The van der Waals surface area contributed by atoms with Crippen molar-refractivity contribution in [1.29, 1.82) is 0 Å². The number of aryl methyl sites for hydroxylation is 1. The number of halogens is 3. The average Bonchev–Trinajstić information content (AvgIpc) is 3.04. The maximum atomic E-state index is 13.4. The number of esters is 2. The molecular weight excluding hydrogens is 581 g/mol. The number of benzene rings is 2. The predicted octanol–water partition coefficient (Wildman–Crippen LogP) is 10.1. The summed E-state index contributed by atoms with van der Waals surface area (Å²) in [6, 6.07) is 11.9. The van der Waals surface area contributed by atoms with Crippen LogP contribution in [0.4, 0.5) is 13.2 Å². The smallest absolute Gasteiger partial charge is 0.425 e. The molecule has 45 heavy (non-hydrogen) atoms. The van der Waals surface area contributed by atoms with Gasteiger partial charge in [-0.25, -0.2) is 19.6 Å². The van der Waals surface area contributed by atoms with Gasteiger partial charge in [0.15, 0.2) is 11.9 Å². The Morgan fingerprint density at radius 1 is 0.689 bits per heavy atom. The minimum atomic E-state index is -4.65. The van der Waals surface area contributed by atoms with E-state index in [-0.39, 0.29) is 17.5 Å². The Balaban J connectivity index is 1.47. The largest absolute Gasteiger partial charge is 0.449 e. The van der Waals surface area contributed by atoms with Gasteiger partial charge in [-0.15, -0.1) is 0 Å². The number of aromatic nitrogens is 2. The van der Waals surface area contributed by atoms with Crippen LogP contribution in [0.3, 0.4) is 0 Å². The fraction of sp³-hybridized carbons (Fsp3) is 0.500. The minimum absolute atomic E-state index is 0.0810. The van der Waals surface area contributed by atoms with Crippen molar-refractivity contribution in [2.45, 2.75) is 116 Å². The second-order valence-electron chi connectivity index (χ2n) is 11.4. The van der Waals surface area contributed by atoms with Gasteiger partial charge in [0.1, 0.15) is 5.75 Å². The lowest BCUT2D eigenvalue weighted by Gasteiger charge is -2.20. The van der Waals surface area contributed by atoms with Crippen LogP contribution in [0.15, 0.2) is 60.9 Å². The third kappa shape index (κ3) is 12.6. The second kappa shape index (κ2) is 18.9. The van der Waals surface area contributed by atoms with Gasteiger partial charge < -0.3 is 9.47 Å². The maximum Gasteiger partial charge on any atom is 0.425 e. The summed E-state index contributed by atoms with van der Waals surface area (Å²) in [5, 5.41) is 0. The van der Waals surface area contributed by atoms with Gasteiger partial charge in [-0.2, -0.15) is 13.2 Å². The number of ether oxygens (including phenoxy) is 2. The first kappa shape index (κ1) is 35.7. The number of carbonyl (C=O) groups excluding carboxylic acids is 2. The Hall–Kier alpha value is -3.75. The zero-order chi connectivity index (χ0) is 32.5. The van der Waals surface area contributed by atoms with E-state index in [0.717, 1.165) is 36.8 Å². The molecule has 0 aliphatic carbocycles. The van der Waals surface area contributed by atoms with Crippen molar-refractivity contribution in [3.8, 4) is 17.1 Å². The lowest BCUT2D eigenvalue weighted by Crippen LogP contribution is -2.33. The van der Waals surface area contributed by atoms with Crippen molar-refractivity contribution >= 4 is 11.9 Å². The predicted molar refractivity (Wildman–Crippen MR) is 169 cm³/mol. The summed E-state index contributed by atoms with van der Waals surface area (Å²) in [7, 11) is 0. The van der Waals surface area contributed by atoms with Gasteiger partial charge in [-0.1, -0.05) is 78.1 Å². The molecule has 0 amide bonds. The van der Waals surface area contributed by atoms with Crippen molar-refractivity contribution in [3.05, 3.63) is 77.6 Å². The van der Waals surface area contributed by atoms with Gasteiger partial charge in [0, 0.05) is 18.0 Å². The van der Waals surface area contributed by atoms with Crippen molar-refractivity contribution in [1.82, 2.24) is 9.97 Å². The van der Waals surface area contributed by atoms with Crippen molar-refractivity contribution in [2.24, 2.45) is 0 Å². The molecule has 0 aliphatic rings. The first-order valence-electron chi connectivity index (χ1n) is 16.2. The van der Waals surface area contributed by atoms with Crippen LogP contribution in [0.2, 0.25) is 0 Å². The molecule has 2 aromatic carbocycles. The number of carbonyl (C=O) groups is 2. The van der Waals surface area contributed by atoms with E-state index in [0.29, 0.717) is 24.4 Å². The molecule has 0 saturated heterocycles. The van der Waals surface area contributed by atoms with E-state index < -0.39 is 24.2 Å². The number of rotatable bonds is 19. The Kier molecular flexibility index (Phi) is 15.0. The molecule has 6 nitrogen and oxygen atoms in total. The normalized spacial score (nSPS) is 12.1. The molecular formula is C36H45F3N2O4. The second-order valence-corrected chi connectivity index (χ2v) is 11.4. The first-order valence-corrected chi connectivity index (χ1v) is 16.2. The van der Waals surface area contributed by atoms with E-state index in [1.54, 1.807) is 24.3 Å². The highest BCUT2D eigenvalue weighted by molar-refractivity contribution is 5.94. The molecule has 244 valence electrons. The van der Waals surface area contributed by atoms with E-state index in [4.69, 9.17) is 9.47 Å². The van der Waals surface area contributed by atoms with Crippen LogP contribution >= 0.6 is 0 Å². The zero-order valence-corrected chi connectivity index (χ0v) is 26.4. The SMILES string of the molecule is CCCCCCCCCCc1cnc(-c2ccc(OC(=O)c3ccc(C(=O)OC(CCCCCC)C(F)(F)F)cc3)cc2)nc1. The van der Waals surface area contributed by atoms with Crippen LogP contribution in [-0.2, 0) is 11.2 Å². The molecule has 0 spiro atoms. The quantitative estimate of drug-likeness (QED) is 0.0749. The fourth-order valence-corrected chi connectivity index (χ4v) is 4.92. The van der Waals surface area contributed by atoms with Gasteiger partial charge >= 0.3 is 18.1 Å². The molecule has 0 N–H and O–H groups in total. The van der Waals surface area contributed by atoms with Crippen LogP contribution in [0.1, 0.15) is 124 Å². The molecule has 1 heterocycles. The van der Waals surface area contributed by atoms with Crippen LogP contribution in [0, 0.1) is 0 Å². The first-order chi connectivity index (χ1) is 21.7. The Morgan fingerprint density at radius 2 is 1.20 bits per heavy atom. The monoisotopic (exact) mass is 626 g/mol. The van der Waals surface area contributed by atoms with Gasteiger partial charge in [-0.05, 0) is 79.8 Å². The summed E-state index contributed by atoms with van der Waals surface area (Å²) in [5.41, 5.74) is 1.94. The number of unbranched alkanes of at least 4 members (excludes halogenated alkanes) is 10. The number of alkyl halides is 3. The zero-order valence-electron chi connectivity index (χ0n) is 26.4. The van der Waals surface area contributed by atoms with Crippen LogP contribution in [0.25, 0.3) is 11.4 Å². The van der Waals surface area contributed by atoms with Crippen LogP contribution in [0.5, 0.6) is 5.75 Å². The van der Waals surface area contributed by atoms with E-state index in [1.807, 2.05) is 19.3 Å². The molecule has 1 aromatic heterocycles. The Bertz CT molecular complexity index is 1290. The summed E-state index contributed by atoms with van der Waals surface area (Å²) < 4.78 is 50.3. The third-order valence-electron chi connectivity index (χ3n) is 7.64. The van der Waals surface area contributed by atoms with E-state index >= 15 is 0 Å². The van der Waals surface area contributed by atoms with Crippen molar-refractivity contribution in [2.75, 3.05) is 0 Å². The molecule has 0 saturated carbocycles. The molecule has 1 atom stereocenters. The van der Waals surface area contributed by atoms with Crippen molar-refractivity contribution < 1.29 is 32.2 Å². The molecule has 0 aliphatic heterocycles. The number of hydrogen-bond donors (Lipinski definition) is 0. The van der Waals surface area contributed by atoms with E-state index in [2.05, 4.69) is 16.9 Å². The summed E-state index contributed by atoms with van der Waals surface area (Å²) in [5.74, 6) is -0.890. The average molecular weight is 627 g/mol. The summed E-state index contributed by atoms with van der Waals surface area (Å²) in [6.07, 6.45) is 10.4. The summed E-state index contributed by atoms with van der Waals surface area (Å²) >= 11 is 0. The Morgan fingerprint density at radius 3 is 1.76 bits per heavy atom. The molecule has 9 heteroatoms. The highest BCUT2D eigenvalue weighted by Gasteiger charge is 2.42. The van der Waals surface area contributed by atoms with E-state index in [1.165, 1.54) is 69.2 Å². The topological polar surface area (TPSA) is 78.4 Å². The van der Waals surface area contributed by atoms with Gasteiger partial charge in [-0.3, -0.25) is 0 Å². The molecule has 3 rings (SSSR count). The summed E-state index contributed by atoms with van der Waals surface area (Å²) in [4.78, 5) is 34.0. The molecule has 0 fully saturated rings. The molecule has 3 aromatic rings. The van der Waals surface area contributed by atoms with Gasteiger partial charge in [0.05, 0.1) is 11.1 Å². The van der Waals surface area contributed by atoms with E-state index in [9.17, 15) is 22.8 Å². The maximum absolute atomic E-state index is 13.4. The van der Waals surface area contributed by atoms with Crippen molar-refractivity contribution in [3.63, 3.8) is 0 Å². The lowest BCUT2D eigenvalue weighted by molar-refractivity contribution is -0.206. The third-order valence-corrected chi connectivity index (χ3v) is 7.64.